The Hall–Kier alpha value is -3.79. The summed E-state index contributed by atoms with van der Waals surface area (Å²) < 4.78 is 0. The zero-order valence-corrected chi connectivity index (χ0v) is 15.5. The molecule has 28 heavy (non-hydrogen) atoms. The van der Waals surface area contributed by atoms with Crippen molar-refractivity contribution in [2.24, 2.45) is 0 Å². The van der Waals surface area contributed by atoms with E-state index in [-0.39, 0.29) is 5.91 Å². The van der Waals surface area contributed by atoms with Crippen LogP contribution in [0.2, 0.25) is 0 Å². The maximum atomic E-state index is 12.0. The molecule has 0 aliphatic carbocycles. The molecule has 0 atom stereocenters. The molecule has 3 aromatic rings. The van der Waals surface area contributed by atoms with E-state index in [0.29, 0.717) is 11.4 Å². The Morgan fingerprint density at radius 2 is 1.50 bits per heavy atom. The second-order valence-electron chi connectivity index (χ2n) is 6.23. The number of anilines is 3. The molecule has 0 aliphatic rings. The third-order valence-electron chi connectivity index (χ3n) is 4.09. The summed E-state index contributed by atoms with van der Waals surface area (Å²) in [6.45, 7) is 0.741. The van der Waals surface area contributed by atoms with E-state index < -0.39 is 0 Å². The quantitative estimate of drug-likeness (QED) is 0.403. The topological polar surface area (TPSA) is 67.1 Å². The second kappa shape index (κ2) is 9.78. The molecule has 0 spiro atoms. The minimum Gasteiger partial charge on any atom is -0.397 e. The van der Waals surface area contributed by atoms with Gasteiger partial charge in [0.05, 0.1) is 11.4 Å². The largest absolute Gasteiger partial charge is 0.397 e. The molecular weight excluding hydrogens is 346 g/mol. The van der Waals surface area contributed by atoms with Crippen molar-refractivity contribution in [3.05, 3.63) is 102 Å². The average Bonchev–Trinajstić information content (AvgIpc) is 2.73. The van der Waals surface area contributed by atoms with E-state index in [0.717, 1.165) is 17.8 Å². The van der Waals surface area contributed by atoms with Crippen molar-refractivity contribution >= 4 is 35.1 Å². The Bertz CT molecular complexity index is 961. The van der Waals surface area contributed by atoms with Gasteiger partial charge in [0, 0.05) is 18.3 Å². The van der Waals surface area contributed by atoms with E-state index in [9.17, 15) is 4.79 Å². The minimum atomic E-state index is -0.217. The summed E-state index contributed by atoms with van der Waals surface area (Å²) in [6.07, 6.45) is 7.44. The van der Waals surface area contributed by atoms with Crippen molar-refractivity contribution in [2.75, 3.05) is 22.9 Å². The maximum absolute atomic E-state index is 12.0. The third kappa shape index (κ3) is 5.88. The van der Waals surface area contributed by atoms with Gasteiger partial charge in [-0.1, -0.05) is 66.7 Å². The highest BCUT2D eigenvalue weighted by molar-refractivity contribution is 6.03. The van der Waals surface area contributed by atoms with Crippen molar-refractivity contribution < 1.29 is 4.79 Å². The maximum Gasteiger partial charge on any atom is 0.248 e. The third-order valence-corrected chi connectivity index (χ3v) is 4.09. The van der Waals surface area contributed by atoms with E-state index in [4.69, 9.17) is 5.73 Å². The molecule has 3 aromatic carbocycles. The molecule has 0 saturated carbocycles. The first-order chi connectivity index (χ1) is 13.7. The van der Waals surface area contributed by atoms with Gasteiger partial charge in [-0.15, -0.1) is 0 Å². The molecule has 4 nitrogen and oxygen atoms in total. The summed E-state index contributed by atoms with van der Waals surface area (Å²) in [5.41, 5.74) is 10.1. The first-order valence-corrected chi connectivity index (χ1v) is 9.10. The van der Waals surface area contributed by atoms with E-state index in [2.05, 4.69) is 34.9 Å². The van der Waals surface area contributed by atoms with E-state index in [1.165, 1.54) is 11.6 Å². The van der Waals surface area contributed by atoms with Gasteiger partial charge in [0.25, 0.3) is 0 Å². The molecule has 4 N–H and O–H groups in total. The number of hydrogen-bond acceptors (Lipinski definition) is 3. The highest BCUT2D eigenvalue weighted by Gasteiger charge is 2.00. The van der Waals surface area contributed by atoms with Crippen LogP contribution in [-0.4, -0.2) is 12.5 Å². The summed E-state index contributed by atoms with van der Waals surface area (Å²) in [5, 5.41) is 6.11. The number of benzene rings is 3. The Balaban J connectivity index is 1.48. The SMILES string of the molecule is Nc1ccccc1NC(=O)/C=C/c1ccc(NC/C=C/c2ccccc2)cc1. The Kier molecular flexibility index (Phi) is 6.63. The Labute approximate surface area is 165 Å². The molecule has 0 fully saturated rings. The molecule has 1 amide bonds. The van der Waals surface area contributed by atoms with Gasteiger partial charge >= 0.3 is 0 Å². The predicted molar refractivity (Wildman–Crippen MR) is 119 cm³/mol. The van der Waals surface area contributed by atoms with Crippen LogP contribution >= 0.6 is 0 Å². The van der Waals surface area contributed by atoms with Crippen LogP contribution in [0.25, 0.3) is 12.2 Å². The summed E-state index contributed by atoms with van der Waals surface area (Å²) in [4.78, 5) is 12.0. The van der Waals surface area contributed by atoms with Crippen molar-refractivity contribution in [1.29, 1.82) is 0 Å². The number of para-hydroxylation sites is 2. The van der Waals surface area contributed by atoms with Crippen molar-refractivity contribution in [3.63, 3.8) is 0 Å². The average molecular weight is 369 g/mol. The molecule has 4 heteroatoms. The lowest BCUT2D eigenvalue weighted by atomic mass is 10.2. The second-order valence-corrected chi connectivity index (χ2v) is 6.23. The molecule has 0 bridgehead atoms. The number of amides is 1. The first kappa shape index (κ1) is 19.0. The summed E-state index contributed by atoms with van der Waals surface area (Å²) in [6, 6.07) is 25.3. The van der Waals surface area contributed by atoms with Gasteiger partial charge in [-0.3, -0.25) is 4.79 Å². The van der Waals surface area contributed by atoms with Gasteiger partial charge < -0.3 is 16.4 Å². The zero-order chi connectivity index (χ0) is 19.6. The van der Waals surface area contributed by atoms with Gasteiger partial charge in [-0.2, -0.15) is 0 Å². The van der Waals surface area contributed by atoms with Crippen LogP contribution in [-0.2, 0) is 4.79 Å². The fourth-order valence-electron chi connectivity index (χ4n) is 2.61. The van der Waals surface area contributed by atoms with Crippen LogP contribution in [0.5, 0.6) is 0 Å². The van der Waals surface area contributed by atoms with Gasteiger partial charge in [-0.25, -0.2) is 0 Å². The van der Waals surface area contributed by atoms with Crippen LogP contribution in [0.1, 0.15) is 11.1 Å². The van der Waals surface area contributed by atoms with Crippen LogP contribution in [0.3, 0.4) is 0 Å². The fraction of sp³-hybridized carbons (Fsp3) is 0.0417. The highest BCUT2D eigenvalue weighted by atomic mass is 16.1. The Morgan fingerprint density at radius 1 is 0.821 bits per heavy atom. The molecular formula is C24H23N3O. The van der Waals surface area contributed by atoms with Gasteiger partial charge in [0.1, 0.15) is 0 Å². The molecule has 0 saturated heterocycles. The van der Waals surface area contributed by atoms with Crippen LogP contribution in [0.4, 0.5) is 17.1 Å². The van der Waals surface area contributed by atoms with E-state index >= 15 is 0 Å². The lowest BCUT2D eigenvalue weighted by Crippen LogP contribution is -2.09. The predicted octanol–water partition coefficient (Wildman–Crippen LogP) is 5.05. The normalized spacial score (nSPS) is 11.0. The number of nitrogens with two attached hydrogens (primary N) is 1. The summed E-state index contributed by atoms with van der Waals surface area (Å²) in [7, 11) is 0. The van der Waals surface area contributed by atoms with Gasteiger partial charge in [0.2, 0.25) is 5.91 Å². The lowest BCUT2D eigenvalue weighted by molar-refractivity contribution is -0.111. The minimum absolute atomic E-state index is 0.217. The summed E-state index contributed by atoms with van der Waals surface area (Å²) in [5.74, 6) is -0.217. The zero-order valence-electron chi connectivity index (χ0n) is 15.5. The monoisotopic (exact) mass is 369 g/mol. The molecule has 140 valence electrons. The number of rotatable bonds is 7. The van der Waals surface area contributed by atoms with Gasteiger partial charge in [-0.05, 0) is 41.5 Å². The standard InChI is InChI=1S/C24H23N3O/c25-22-10-4-5-11-23(22)27-24(28)17-14-20-12-15-21(16-13-20)26-18-6-9-19-7-2-1-3-8-19/h1-17,26H,18,25H2,(H,27,28)/b9-6+,17-14+. The smallest absolute Gasteiger partial charge is 0.248 e. The lowest BCUT2D eigenvalue weighted by Gasteiger charge is -2.05. The Morgan fingerprint density at radius 3 is 2.25 bits per heavy atom. The molecule has 0 aromatic heterocycles. The fourth-order valence-corrected chi connectivity index (χ4v) is 2.61. The first-order valence-electron chi connectivity index (χ1n) is 9.10. The van der Waals surface area contributed by atoms with Crippen LogP contribution in [0.15, 0.2) is 91.0 Å². The number of hydrogen-bond donors (Lipinski definition) is 3. The molecule has 0 heterocycles. The number of nitrogens with one attached hydrogen (secondary N) is 2. The molecule has 0 unspecified atom stereocenters. The molecule has 3 rings (SSSR count). The highest BCUT2D eigenvalue weighted by Crippen LogP contribution is 2.17. The number of carbonyl (C=O) groups is 1. The number of nitrogen functional groups attached to an aromatic ring is 1. The van der Waals surface area contributed by atoms with Crippen molar-refractivity contribution in [3.8, 4) is 0 Å². The molecule has 0 radical (unpaired) electrons. The van der Waals surface area contributed by atoms with E-state index in [1.54, 1.807) is 18.2 Å². The van der Waals surface area contributed by atoms with Crippen LogP contribution in [0, 0.1) is 0 Å². The molecule has 0 aliphatic heterocycles. The van der Waals surface area contributed by atoms with Gasteiger partial charge in [0.15, 0.2) is 0 Å². The van der Waals surface area contributed by atoms with E-state index in [1.807, 2.05) is 54.6 Å². The van der Waals surface area contributed by atoms with Crippen molar-refractivity contribution in [1.82, 2.24) is 0 Å². The van der Waals surface area contributed by atoms with Crippen molar-refractivity contribution in [2.45, 2.75) is 0 Å². The van der Waals surface area contributed by atoms with Crippen LogP contribution < -0.4 is 16.4 Å². The summed E-state index contributed by atoms with van der Waals surface area (Å²) >= 11 is 0. The number of carbonyl (C=O) groups excluding carboxylic acids is 1.